The number of nitrogens with zero attached hydrogens (tertiary/aromatic N) is 3. The number of carbonyl (C=O) groups excluding carboxylic acids is 3. The third-order valence-electron chi connectivity index (χ3n) is 7.73. The molecule has 0 saturated carbocycles. The number of rotatable bonds is 7. The van der Waals surface area contributed by atoms with Gasteiger partial charge in [0.25, 0.3) is 0 Å². The molecule has 2 fully saturated rings. The fourth-order valence-electron chi connectivity index (χ4n) is 5.50. The Hall–Kier alpha value is -2.52. The molecule has 4 amide bonds. The number of anilines is 1. The van der Waals surface area contributed by atoms with Gasteiger partial charge in [-0.05, 0) is 48.4 Å². The van der Waals surface area contributed by atoms with Crippen molar-refractivity contribution in [1.82, 2.24) is 14.7 Å². The largest absolute Gasteiger partial charge is 0.342 e. The summed E-state index contributed by atoms with van der Waals surface area (Å²) in [6.45, 7) is 6.82. The number of urea groups is 1. The van der Waals surface area contributed by atoms with Crippen molar-refractivity contribution in [2.75, 3.05) is 25.0 Å². The zero-order chi connectivity index (χ0) is 26.8. The third kappa shape index (κ3) is 5.73. The first-order valence-corrected chi connectivity index (χ1v) is 15.2. The lowest BCUT2D eigenvalue weighted by atomic mass is 10.0. The minimum atomic E-state index is -0.381. The Bertz CT molecular complexity index is 1200. The first-order valence-electron chi connectivity index (χ1n) is 13.5. The van der Waals surface area contributed by atoms with Crippen LogP contribution in [0.15, 0.2) is 53.0 Å². The van der Waals surface area contributed by atoms with Crippen LogP contribution in [0.1, 0.15) is 56.0 Å². The van der Waals surface area contributed by atoms with E-state index in [1.807, 2.05) is 57.2 Å². The zero-order valence-electron chi connectivity index (χ0n) is 21.9. The predicted octanol–water partition coefficient (Wildman–Crippen LogP) is 5.87. The lowest BCUT2D eigenvalue weighted by molar-refractivity contribution is -0.137. The van der Waals surface area contributed by atoms with Gasteiger partial charge in [0, 0.05) is 48.8 Å². The summed E-state index contributed by atoms with van der Waals surface area (Å²) in [6.07, 6.45) is 2.63. The number of likely N-dealkylation sites (tertiary alicyclic amines) is 1. The molecule has 38 heavy (non-hydrogen) atoms. The number of para-hydroxylation sites is 1. The number of thioether (sulfide) groups is 1. The zero-order valence-corrected chi connectivity index (χ0v) is 24.3. The molecule has 5 rings (SSSR count). The van der Waals surface area contributed by atoms with Gasteiger partial charge < -0.3 is 20.0 Å². The van der Waals surface area contributed by atoms with E-state index in [-0.39, 0.29) is 40.9 Å². The van der Waals surface area contributed by atoms with E-state index in [9.17, 15) is 14.4 Å². The first-order chi connectivity index (χ1) is 18.3. The Labute approximate surface area is 237 Å². The summed E-state index contributed by atoms with van der Waals surface area (Å²) in [5.41, 5.74) is 3.07. The molecule has 2 atom stereocenters. The monoisotopic (exact) mass is 598 g/mol. The maximum atomic E-state index is 13.5. The number of nitrogens with one attached hydrogen (secondary N) is 1. The van der Waals surface area contributed by atoms with Gasteiger partial charge in [0.15, 0.2) is 0 Å². The highest BCUT2D eigenvalue weighted by Crippen LogP contribution is 2.46. The van der Waals surface area contributed by atoms with Crippen LogP contribution in [0.4, 0.5) is 10.5 Å². The lowest BCUT2D eigenvalue weighted by Crippen LogP contribution is -2.51. The smallest absolute Gasteiger partial charge is 0.322 e. The first kappa shape index (κ1) is 27.1. The van der Waals surface area contributed by atoms with Gasteiger partial charge >= 0.3 is 6.03 Å². The molecule has 2 aromatic rings. The van der Waals surface area contributed by atoms with E-state index in [1.54, 1.807) is 11.8 Å². The van der Waals surface area contributed by atoms with Crippen LogP contribution in [0.3, 0.4) is 0 Å². The van der Waals surface area contributed by atoms with Crippen molar-refractivity contribution in [2.24, 2.45) is 5.92 Å². The number of halogens is 1. The average molecular weight is 600 g/mol. The molecular formula is C29H35BrN4O3S. The average Bonchev–Trinajstić information content (AvgIpc) is 3.21. The number of amides is 4. The Balaban J connectivity index is 1.20. The van der Waals surface area contributed by atoms with E-state index in [0.717, 1.165) is 40.5 Å². The second-order valence-corrected chi connectivity index (χ2v) is 12.9. The van der Waals surface area contributed by atoms with Gasteiger partial charge in [0.05, 0.1) is 5.25 Å². The molecule has 9 heteroatoms. The van der Waals surface area contributed by atoms with Crippen molar-refractivity contribution >= 4 is 51.2 Å². The number of fused-ring (bicyclic) bond motifs is 1. The van der Waals surface area contributed by atoms with Crippen LogP contribution in [0, 0.1) is 5.92 Å². The standard InChI is InChI=1S/C29H35BrN4O3S/c1-19(2)11-16-33-27(36)25(38-28(33)22-8-4-5-9-23(22)30)17-26(35)32-14-12-21(13-15-32)34-18-20-7-3-6-10-24(20)31-29(34)37/h3-10,19,21,25,28H,11-18H2,1-2H3,(H,31,37). The van der Waals surface area contributed by atoms with E-state index in [2.05, 4.69) is 41.2 Å². The summed E-state index contributed by atoms with van der Waals surface area (Å²) in [5, 5.41) is 2.52. The van der Waals surface area contributed by atoms with Crippen LogP contribution >= 0.6 is 27.7 Å². The van der Waals surface area contributed by atoms with Crippen LogP contribution in [-0.2, 0) is 16.1 Å². The Kier molecular flexibility index (Phi) is 8.33. The second kappa shape index (κ2) is 11.7. The molecule has 2 unspecified atom stereocenters. The minimum absolute atomic E-state index is 0.0272. The number of piperidine rings is 1. The van der Waals surface area contributed by atoms with Gasteiger partial charge in [-0.1, -0.05) is 66.2 Å². The highest BCUT2D eigenvalue weighted by atomic mass is 79.9. The van der Waals surface area contributed by atoms with E-state index >= 15 is 0 Å². The topological polar surface area (TPSA) is 73.0 Å². The fraction of sp³-hybridized carbons (Fsp3) is 0.483. The number of hydrogen-bond acceptors (Lipinski definition) is 4. The second-order valence-electron chi connectivity index (χ2n) is 10.7. The Morgan fingerprint density at radius 3 is 2.53 bits per heavy atom. The molecule has 3 aliphatic rings. The van der Waals surface area contributed by atoms with Crippen molar-refractivity contribution in [1.29, 1.82) is 0 Å². The summed E-state index contributed by atoms with van der Waals surface area (Å²) >= 11 is 5.25. The summed E-state index contributed by atoms with van der Waals surface area (Å²) in [4.78, 5) is 45.3. The van der Waals surface area contributed by atoms with Gasteiger partial charge in [-0.2, -0.15) is 0 Å². The van der Waals surface area contributed by atoms with Crippen LogP contribution in [0.5, 0.6) is 0 Å². The van der Waals surface area contributed by atoms with Gasteiger partial charge in [-0.25, -0.2) is 4.79 Å². The molecule has 0 spiro atoms. The molecular weight excluding hydrogens is 564 g/mol. The van der Waals surface area contributed by atoms with Crippen molar-refractivity contribution in [3.8, 4) is 0 Å². The normalized spacial score (nSPS) is 22.2. The summed E-state index contributed by atoms with van der Waals surface area (Å²) < 4.78 is 0.985. The van der Waals surface area contributed by atoms with Crippen LogP contribution in [0.25, 0.3) is 0 Å². The van der Waals surface area contributed by atoms with Gasteiger partial charge in [-0.3, -0.25) is 9.59 Å². The van der Waals surface area contributed by atoms with Crippen molar-refractivity contribution in [2.45, 2.75) is 62.7 Å². The quantitative estimate of drug-likeness (QED) is 0.433. The van der Waals surface area contributed by atoms with E-state index in [4.69, 9.17) is 0 Å². The highest BCUT2D eigenvalue weighted by Gasteiger charge is 2.43. The molecule has 3 aliphatic heterocycles. The molecule has 1 N–H and O–H groups in total. The third-order valence-corrected chi connectivity index (χ3v) is 9.92. The molecule has 2 aromatic carbocycles. The molecule has 2 saturated heterocycles. The van der Waals surface area contributed by atoms with Crippen molar-refractivity contribution in [3.05, 3.63) is 64.1 Å². The summed E-state index contributed by atoms with van der Waals surface area (Å²) in [7, 11) is 0. The summed E-state index contributed by atoms with van der Waals surface area (Å²) in [6, 6.07) is 16.0. The molecule has 0 aliphatic carbocycles. The van der Waals surface area contributed by atoms with E-state index in [0.29, 0.717) is 32.1 Å². The number of hydrogen-bond donors (Lipinski definition) is 1. The minimum Gasteiger partial charge on any atom is -0.342 e. The van der Waals surface area contributed by atoms with Crippen LogP contribution < -0.4 is 5.32 Å². The maximum Gasteiger partial charge on any atom is 0.322 e. The van der Waals surface area contributed by atoms with Crippen molar-refractivity contribution < 1.29 is 14.4 Å². The molecule has 0 radical (unpaired) electrons. The van der Waals surface area contributed by atoms with Gasteiger partial charge in [0.2, 0.25) is 11.8 Å². The predicted molar refractivity (Wildman–Crippen MR) is 155 cm³/mol. The Morgan fingerprint density at radius 1 is 1.08 bits per heavy atom. The molecule has 7 nitrogen and oxygen atoms in total. The van der Waals surface area contributed by atoms with Crippen molar-refractivity contribution in [3.63, 3.8) is 0 Å². The number of carbonyl (C=O) groups is 3. The highest BCUT2D eigenvalue weighted by molar-refractivity contribution is 9.10. The Morgan fingerprint density at radius 2 is 1.79 bits per heavy atom. The number of benzene rings is 2. The van der Waals surface area contributed by atoms with Gasteiger partial charge in [-0.15, -0.1) is 11.8 Å². The molecule has 202 valence electrons. The summed E-state index contributed by atoms with van der Waals surface area (Å²) in [5.74, 6) is 0.577. The SMILES string of the molecule is CC(C)CCN1C(=O)C(CC(=O)N2CCC(N3Cc4ccccc4NC3=O)CC2)SC1c1ccccc1Br. The van der Waals surface area contributed by atoms with Crippen LogP contribution in [-0.4, -0.2) is 63.5 Å². The molecule has 0 aromatic heterocycles. The van der Waals surface area contributed by atoms with Crippen LogP contribution in [0.2, 0.25) is 0 Å². The maximum absolute atomic E-state index is 13.5. The molecule has 3 heterocycles. The fourth-order valence-corrected chi connectivity index (χ4v) is 7.66. The van der Waals surface area contributed by atoms with E-state index in [1.165, 1.54) is 0 Å². The van der Waals surface area contributed by atoms with E-state index < -0.39 is 0 Å². The molecule has 0 bridgehead atoms. The van der Waals surface area contributed by atoms with Gasteiger partial charge in [0.1, 0.15) is 5.37 Å². The lowest BCUT2D eigenvalue weighted by Gasteiger charge is -2.40.